The lowest BCUT2D eigenvalue weighted by atomic mass is 10.1. The number of unbranched alkanes of at least 4 members (excludes halogenated alkanes) is 1. The van der Waals surface area contributed by atoms with E-state index >= 15 is 0 Å². The summed E-state index contributed by atoms with van der Waals surface area (Å²) in [7, 11) is 0. The van der Waals surface area contributed by atoms with Crippen LogP contribution < -0.4 is 14.2 Å². The summed E-state index contributed by atoms with van der Waals surface area (Å²) < 4.78 is 28.4. The van der Waals surface area contributed by atoms with Crippen LogP contribution in [0.15, 0.2) is 66.9 Å². The van der Waals surface area contributed by atoms with E-state index in [0.717, 1.165) is 105 Å². The molecule has 0 atom stereocenters. The normalized spacial score (nSPS) is 15.5. The summed E-state index contributed by atoms with van der Waals surface area (Å²) >= 11 is 36.2. The zero-order valence-electron chi connectivity index (χ0n) is 41.8. The highest BCUT2D eigenvalue weighted by Gasteiger charge is 2.18. The highest BCUT2D eigenvalue weighted by Crippen LogP contribution is 2.30. The van der Waals surface area contributed by atoms with E-state index in [1.165, 1.54) is 58.3 Å². The predicted molar refractivity (Wildman–Crippen MR) is 293 cm³/mol. The Labute approximate surface area is 455 Å². The zero-order chi connectivity index (χ0) is 51.0. The summed E-state index contributed by atoms with van der Waals surface area (Å²) in [5.41, 5.74) is 6.82. The smallest absolute Gasteiger partial charge is 0.236 e. The van der Waals surface area contributed by atoms with E-state index in [1.54, 1.807) is 28.9 Å². The first-order chi connectivity index (χ1) is 34.8. The standard InChI is InChI=1S/2C18H23Cl2N3O.C17H21Cl2N3O2/c1-13-14(2)23(15-6-7-16(19)17(20)12-15)21-18(13)24-11-5-10-22-8-3-4-9-22;1-13-14(2)23(15-6-7-16(19)17(20)12-15)21-18(13)24-11-10-22-8-4-3-5-9-22;18-15-4-3-14(13-16(15)19)22-7-5-17(20-22)24-10-2-1-6-21-8-11-23-12-9-21/h2*6-7,12H,3-5,8-11H2,1-2H3;3-5,7,13H,1-2,6,8-12H2. The van der Waals surface area contributed by atoms with E-state index in [4.69, 9.17) is 88.6 Å². The van der Waals surface area contributed by atoms with E-state index in [0.29, 0.717) is 67.6 Å². The van der Waals surface area contributed by atoms with Crippen LogP contribution in [0.5, 0.6) is 17.6 Å². The number of halogens is 6. The monoisotopic (exact) mass is 1100 g/mol. The van der Waals surface area contributed by atoms with Gasteiger partial charge in [-0.2, -0.15) is 0 Å². The van der Waals surface area contributed by atoms with Gasteiger partial charge in [0, 0.05) is 61.0 Å². The number of aromatic nitrogens is 6. The SMILES string of the molecule is Cc1c(OCCCN2CCCC2)nn(-c2ccc(Cl)c(Cl)c2)c1C.Cc1c(OCCN2CCCCC2)nn(-c2ccc(Cl)c(Cl)c2)c1C.Clc1ccc(-n2ccc(OCCCCN3CCOCC3)n2)cc1Cl. The number of ether oxygens (including phenoxy) is 4. The summed E-state index contributed by atoms with van der Waals surface area (Å²) in [6.07, 6.45) is 11.6. The molecular weight excluding hydrogens is 1040 g/mol. The van der Waals surface area contributed by atoms with Gasteiger partial charge < -0.3 is 23.8 Å². The lowest BCUT2D eigenvalue weighted by Gasteiger charge is -2.26. The summed E-state index contributed by atoms with van der Waals surface area (Å²) in [4.78, 5) is 7.39. The molecule has 0 N–H and O–H groups in total. The summed E-state index contributed by atoms with van der Waals surface area (Å²) in [5.74, 6) is 2.00. The first-order valence-electron chi connectivity index (χ1n) is 25.0. The first-order valence-corrected chi connectivity index (χ1v) is 27.3. The van der Waals surface area contributed by atoms with Gasteiger partial charge in [0.25, 0.3) is 0 Å². The topological polar surface area (TPSA) is 100 Å². The van der Waals surface area contributed by atoms with Crippen molar-refractivity contribution in [2.75, 3.05) is 91.9 Å². The van der Waals surface area contributed by atoms with Gasteiger partial charge in [-0.05, 0) is 160 Å². The molecule has 13 nitrogen and oxygen atoms in total. The fourth-order valence-corrected chi connectivity index (χ4v) is 9.51. The van der Waals surface area contributed by atoms with E-state index in [9.17, 15) is 0 Å². The Hall–Kier alpha value is -3.73. The Balaban J connectivity index is 0.000000158. The minimum absolute atomic E-state index is 0.509. The number of rotatable bonds is 18. The maximum atomic E-state index is 6.12. The van der Waals surface area contributed by atoms with Gasteiger partial charge in [-0.25, -0.2) is 14.0 Å². The minimum atomic E-state index is 0.509. The van der Waals surface area contributed by atoms with Crippen LogP contribution in [0, 0.1) is 27.7 Å². The molecule has 0 amide bonds. The Kier molecular flexibility index (Phi) is 22.0. The summed E-state index contributed by atoms with van der Waals surface area (Å²) in [5, 5.41) is 16.8. The fourth-order valence-electron chi connectivity index (χ4n) is 8.63. The van der Waals surface area contributed by atoms with Crippen molar-refractivity contribution < 1.29 is 18.9 Å². The van der Waals surface area contributed by atoms with Crippen molar-refractivity contribution in [3.8, 4) is 34.7 Å². The first kappa shape index (κ1) is 56.0. The highest BCUT2D eigenvalue weighted by atomic mass is 35.5. The lowest BCUT2D eigenvalue weighted by Crippen LogP contribution is -2.36. The van der Waals surface area contributed by atoms with Crippen LogP contribution in [0.4, 0.5) is 0 Å². The molecule has 0 aliphatic carbocycles. The summed E-state index contributed by atoms with van der Waals surface area (Å²) in [6, 6.07) is 18.3. The fraction of sp³-hybridized carbons (Fsp3) is 0.491. The molecular formula is C53H67Cl6N9O4. The van der Waals surface area contributed by atoms with Gasteiger partial charge in [-0.3, -0.25) is 9.80 Å². The highest BCUT2D eigenvalue weighted by molar-refractivity contribution is 6.43. The Morgan fingerprint density at radius 1 is 0.458 bits per heavy atom. The van der Waals surface area contributed by atoms with Gasteiger partial charge >= 0.3 is 0 Å². The minimum Gasteiger partial charge on any atom is -0.477 e. The summed E-state index contributed by atoms with van der Waals surface area (Å²) in [6.45, 7) is 21.9. The number of benzene rings is 3. The largest absolute Gasteiger partial charge is 0.477 e. The predicted octanol–water partition coefficient (Wildman–Crippen LogP) is 13.0. The Morgan fingerprint density at radius 2 is 0.917 bits per heavy atom. The molecule has 3 aromatic carbocycles. The third kappa shape index (κ3) is 16.1. The number of piperidine rings is 1. The van der Waals surface area contributed by atoms with Crippen LogP contribution in [-0.4, -0.2) is 136 Å². The van der Waals surface area contributed by atoms with E-state index in [1.807, 2.05) is 79.7 Å². The molecule has 0 bridgehead atoms. The van der Waals surface area contributed by atoms with E-state index in [2.05, 4.69) is 30.0 Å². The molecule has 3 aromatic heterocycles. The molecule has 6 heterocycles. The quantitative estimate of drug-likeness (QED) is 0.0774. The zero-order valence-corrected chi connectivity index (χ0v) is 46.4. The molecule has 72 heavy (non-hydrogen) atoms. The van der Waals surface area contributed by atoms with Gasteiger partial charge in [0.05, 0.1) is 73.6 Å². The molecule has 3 aliphatic heterocycles. The molecule has 19 heteroatoms. The maximum Gasteiger partial charge on any atom is 0.236 e. The molecule has 390 valence electrons. The lowest BCUT2D eigenvalue weighted by molar-refractivity contribution is 0.0367. The van der Waals surface area contributed by atoms with Gasteiger partial charge in [0.2, 0.25) is 17.6 Å². The van der Waals surface area contributed by atoms with Crippen LogP contribution in [-0.2, 0) is 4.74 Å². The Bertz CT molecular complexity index is 2640. The average molecular weight is 1110 g/mol. The second-order valence-corrected chi connectivity index (χ2v) is 20.7. The third-order valence-electron chi connectivity index (χ3n) is 13.1. The van der Waals surface area contributed by atoms with Crippen LogP contribution in [0.2, 0.25) is 30.1 Å². The number of hydrogen-bond donors (Lipinski definition) is 0. The number of morpholine rings is 1. The number of likely N-dealkylation sites (tertiary alicyclic amines) is 2. The van der Waals surface area contributed by atoms with Crippen LogP contribution >= 0.6 is 69.6 Å². The van der Waals surface area contributed by atoms with E-state index < -0.39 is 0 Å². The molecule has 0 unspecified atom stereocenters. The molecule has 0 spiro atoms. The van der Waals surface area contributed by atoms with Crippen molar-refractivity contribution >= 4 is 69.6 Å². The van der Waals surface area contributed by atoms with Crippen molar-refractivity contribution in [1.82, 2.24) is 44.0 Å². The molecule has 9 rings (SSSR count). The second-order valence-electron chi connectivity index (χ2n) is 18.3. The van der Waals surface area contributed by atoms with E-state index in [-0.39, 0.29) is 0 Å². The Morgan fingerprint density at radius 3 is 1.47 bits per heavy atom. The molecule has 3 aliphatic rings. The average Bonchev–Trinajstić information content (AvgIpc) is 4.20. The number of hydrogen-bond acceptors (Lipinski definition) is 10. The van der Waals surface area contributed by atoms with Crippen molar-refractivity contribution in [2.24, 2.45) is 0 Å². The van der Waals surface area contributed by atoms with Gasteiger partial charge in [-0.1, -0.05) is 76.0 Å². The van der Waals surface area contributed by atoms with Crippen molar-refractivity contribution in [2.45, 2.75) is 79.1 Å². The van der Waals surface area contributed by atoms with Gasteiger partial charge in [0.1, 0.15) is 6.61 Å². The van der Waals surface area contributed by atoms with Crippen LogP contribution in [0.3, 0.4) is 0 Å². The second kappa shape index (κ2) is 28.2. The van der Waals surface area contributed by atoms with Crippen LogP contribution in [0.1, 0.15) is 73.9 Å². The molecule has 3 fully saturated rings. The van der Waals surface area contributed by atoms with Crippen molar-refractivity contribution in [1.29, 1.82) is 0 Å². The maximum absolute atomic E-state index is 6.12. The molecule has 6 aromatic rings. The van der Waals surface area contributed by atoms with Crippen molar-refractivity contribution in [3.05, 3.63) is 120 Å². The van der Waals surface area contributed by atoms with Gasteiger partial charge in [0.15, 0.2) is 0 Å². The third-order valence-corrected chi connectivity index (χ3v) is 15.4. The molecule has 3 saturated heterocycles. The van der Waals surface area contributed by atoms with Gasteiger partial charge in [-0.15, -0.1) is 15.3 Å². The van der Waals surface area contributed by atoms with Crippen LogP contribution in [0.25, 0.3) is 17.1 Å². The molecule has 0 radical (unpaired) electrons. The van der Waals surface area contributed by atoms with Crippen molar-refractivity contribution in [3.63, 3.8) is 0 Å². The number of nitrogens with zero attached hydrogens (tertiary/aromatic N) is 9. The molecule has 0 saturated carbocycles.